The van der Waals surface area contributed by atoms with Crippen LogP contribution in [0.2, 0.25) is 5.02 Å². The zero-order valence-electron chi connectivity index (χ0n) is 10.6. The molecular formula is C15H21ClO. The molecule has 2 heteroatoms. The van der Waals surface area contributed by atoms with Crippen LogP contribution in [0.25, 0.3) is 0 Å². The Bertz CT molecular complexity index is 384. The molecule has 0 saturated heterocycles. The second-order valence-corrected chi connectivity index (χ2v) is 6.02. The highest BCUT2D eigenvalue weighted by molar-refractivity contribution is 6.31. The van der Waals surface area contributed by atoms with Crippen molar-refractivity contribution in [1.82, 2.24) is 0 Å². The van der Waals surface area contributed by atoms with Gasteiger partial charge in [-0.25, -0.2) is 0 Å². The largest absolute Gasteiger partial charge is 0.385 e. The van der Waals surface area contributed by atoms with E-state index >= 15 is 0 Å². The monoisotopic (exact) mass is 252 g/mol. The molecule has 0 radical (unpaired) electrons. The summed E-state index contributed by atoms with van der Waals surface area (Å²) in [5.74, 6) is 1.02. The molecule has 1 fully saturated rings. The standard InChI is InChI=1S/C15H21ClO/c1-11(2)9-10-15(17,12-7-8-12)13-5-3-4-6-14(13)16/h3-6,11-12,17H,7-10H2,1-2H3. The number of benzene rings is 1. The lowest BCUT2D eigenvalue weighted by atomic mass is 9.83. The van der Waals surface area contributed by atoms with E-state index in [1.165, 1.54) is 0 Å². The highest BCUT2D eigenvalue weighted by Gasteiger charge is 2.45. The second-order valence-electron chi connectivity index (χ2n) is 5.61. The predicted molar refractivity (Wildman–Crippen MR) is 72.1 cm³/mol. The van der Waals surface area contributed by atoms with Crippen LogP contribution in [0, 0.1) is 11.8 Å². The molecule has 1 aliphatic carbocycles. The van der Waals surface area contributed by atoms with Gasteiger partial charge < -0.3 is 5.11 Å². The van der Waals surface area contributed by atoms with Crippen LogP contribution < -0.4 is 0 Å². The first-order valence-corrected chi connectivity index (χ1v) is 6.89. The molecular weight excluding hydrogens is 232 g/mol. The summed E-state index contributed by atoms with van der Waals surface area (Å²) >= 11 is 6.24. The summed E-state index contributed by atoms with van der Waals surface area (Å²) in [7, 11) is 0. The third kappa shape index (κ3) is 2.83. The molecule has 1 aromatic carbocycles. The average molecular weight is 253 g/mol. The van der Waals surface area contributed by atoms with Crippen molar-refractivity contribution in [2.24, 2.45) is 11.8 Å². The van der Waals surface area contributed by atoms with E-state index in [2.05, 4.69) is 13.8 Å². The van der Waals surface area contributed by atoms with E-state index in [1.807, 2.05) is 24.3 Å². The van der Waals surface area contributed by atoms with Gasteiger partial charge in [0.1, 0.15) is 0 Å². The Morgan fingerprint density at radius 1 is 1.35 bits per heavy atom. The van der Waals surface area contributed by atoms with Crippen LogP contribution >= 0.6 is 11.6 Å². The first-order chi connectivity index (χ1) is 8.04. The molecule has 1 atom stereocenters. The lowest BCUT2D eigenvalue weighted by Gasteiger charge is -2.30. The summed E-state index contributed by atoms with van der Waals surface area (Å²) in [6.45, 7) is 4.39. The number of rotatable bonds is 5. The molecule has 0 bridgehead atoms. The van der Waals surface area contributed by atoms with Crippen LogP contribution in [0.5, 0.6) is 0 Å². The van der Waals surface area contributed by atoms with Crippen LogP contribution in [-0.2, 0) is 5.60 Å². The number of halogens is 1. The van der Waals surface area contributed by atoms with Gasteiger partial charge in [0.25, 0.3) is 0 Å². The van der Waals surface area contributed by atoms with E-state index in [9.17, 15) is 5.11 Å². The number of hydrogen-bond acceptors (Lipinski definition) is 1. The highest BCUT2D eigenvalue weighted by Crippen LogP contribution is 2.50. The summed E-state index contributed by atoms with van der Waals surface area (Å²) in [6, 6.07) is 7.73. The van der Waals surface area contributed by atoms with Crippen LogP contribution in [0.4, 0.5) is 0 Å². The predicted octanol–water partition coefficient (Wildman–Crippen LogP) is 4.37. The molecule has 94 valence electrons. The first kappa shape index (κ1) is 12.9. The summed E-state index contributed by atoms with van der Waals surface area (Å²) in [6.07, 6.45) is 4.11. The molecule has 2 rings (SSSR count). The maximum atomic E-state index is 11.0. The van der Waals surface area contributed by atoms with Crippen molar-refractivity contribution < 1.29 is 5.11 Å². The van der Waals surface area contributed by atoms with Gasteiger partial charge in [0.15, 0.2) is 0 Å². The lowest BCUT2D eigenvalue weighted by Crippen LogP contribution is -2.29. The molecule has 1 aromatic rings. The van der Waals surface area contributed by atoms with Crippen molar-refractivity contribution in [3.05, 3.63) is 34.9 Å². The van der Waals surface area contributed by atoms with Gasteiger partial charge in [0, 0.05) is 10.6 Å². The quantitative estimate of drug-likeness (QED) is 0.825. The molecule has 0 aliphatic heterocycles. The molecule has 0 aromatic heterocycles. The smallest absolute Gasteiger partial charge is 0.0939 e. The molecule has 0 amide bonds. The van der Waals surface area contributed by atoms with Gasteiger partial charge in [-0.05, 0) is 43.6 Å². The fraction of sp³-hybridized carbons (Fsp3) is 0.600. The van der Waals surface area contributed by atoms with Crippen LogP contribution in [-0.4, -0.2) is 5.11 Å². The van der Waals surface area contributed by atoms with Crippen LogP contribution in [0.15, 0.2) is 24.3 Å². The Morgan fingerprint density at radius 3 is 2.53 bits per heavy atom. The zero-order valence-corrected chi connectivity index (χ0v) is 11.4. The van der Waals surface area contributed by atoms with Crippen molar-refractivity contribution in [2.75, 3.05) is 0 Å². The summed E-state index contributed by atoms with van der Waals surface area (Å²) < 4.78 is 0. The Labute approximate surface area is 109 Å². The molecule has 1 N–H and O–H groups in total. The van der Waals surface area contributed by atoms with Gasteiger partial charge in [0.2, 0.25) is 0 Å². The van der Waals surface area contributed by atoms with Gasteiger partial charge in [-0.15, -0.1) is 0 Å². The molecule has 17 heavy (non-hydrogen) atoms. The molecule has 1 aliphatic rings. The zero-order chi connectivity index (χ0) is 12.5. The molecule has 0 spiro atoms. The van der Waals surface area contributed by atoms with E-state index in [4.69, 9.17) is 11.6 Å². The minimum atomic E-state index is -0.706. The Hall–Kier alpha value is -0.530. The van der Waals surface area contributed by atoms with E-state index < -0.39 is 5.60 Å². The Kier molecular flexibility index (Phi) is 3.79. The minimum Gasteiger partial charge on any atom is -0.385 e. The molecule has 1 saturated carbocycles. The SMILES string of the molecule is CC(C)CCC(O)(c1ccccc1Cl)C1CC1. The van der Waals surface area contributed by atoms with Crippen molar-refractivity contribution in [3.63, 3.8) is 0 Å². The van der Waals surface area contributed by atoms with Crippen molar-refractivity contribution in [1.29, 1.82) is 0 Å². The lowest BCUT2D eigenvalue weighted by molar-refractivity contribution is -0.000634. The maximum Gasteiger partial charge on any atom is 0.0939 e. The van der Waals surface area contributed by atoms with E-state index in [-0.39, 0.29) is 0 Å². The minimum absolute atomic E-state index is 0.404. The normalized spacial score (nSPS) is 19.4. The number of hydrogen-bond donors (Lipinski definition) is 1. The van der Waals surface area contributed by atoms with Gasteiger partial charge in [-0.3, -0.25) is 0 Å². The van der Waals surface area contributed by atoms with Gasteiger partial charge in [0.05, 0.1) is 5.60 Å². The highest BCUT2D eigenvalue weighted by atomic mass is 35.5. The Morgan fingerprint density at radius 2 is 2.00 bits per heavy atom. The van der Waals surface area contributed by atoms with Crippen LogP contribution in [0.1, 0.15) is 45.1 Å². The molecule has 1 nitrogen and oxygen atoms in total. The van der Waals surface area contributed by atoms with Crippen LogP contribution in [0.3, 0.4) is 0 Å². The van der Waals surface area contributed by atoms with Gasteiger partial charge in [-0.2, -0.15) is 0 Å². The Balaban J connectivity index is 2.24. The molecule has 1 unspecified atom stereocenters. The molecule has 0 heterocycles. The first-order valence-electron chi connectivity index (χ1n) is 6.51. The summed E-state index contributed by atoms with van der Waals surface area (Å²) in [4.78, 5) is 0. The fourth-order valence-corrected chi connectivity index (χ4v) is 2.74. The van der Waals surface area contributed by atoms with Crippen molar-refractivity contribution in [3.8, 4) is 0 Å². The summed E-state index contributed by atoms with van der Waals surface area (Å²) in [5.41, 5.74) is 0.215. The third-order valence-corrected chi connectivity index (χ3v) is 4.03. The third-order valence-electron chi connectivity index (χ3n) is 3.70. The van der Waals surface area contributed by atoms with Gasteiger partial charge >= 0.3 is 0 Å². The second kappa shape index (κ2) is 4.99. The maximum absolute atomic E-state index is 11.0. The topological polar surface area (TPSA) is 20.2 Å². The fourth-order valence-electron chi connectivity index (χ4n) is 2.44. The van der Waals surface area contributed by atoms with Gasteiger partial charge in [-0.1, -0.05) is 43.6 Å². The van der Waals surface area contributed by atoms with Crippen molar-refractivity contribution >= 4 is 11.6 Å². The van der Waals surface area contributed by atoms with E-state index in [0.717, 1.165) is 31.2 Å². The summed E-state index contributed by atoms with van der Waals surface area (Å²) in [5, 5.41) is 11.7. The number of aliphatic hydroxyl groups is 1. The average Bonchev–Trinajstić information content (AvgIpc) is 3.10. The van der Waals surface area contributed by atoms with E-state index in [1.54, 1.807) is 0 Å². The van der Waals surface area contributed by atoms with Crippen molar-refractivity contribution in [2.45, 2.75) is 45.1 Å². The van der Waals surface area contributed by atoms with E-state index in [0.29, 0.717) is 16.9 Å².